The van der Waals surface area contributed by atoms with Crippen molar-refractivity contribution in [2.24, 2.45) is 5.92 Å². The van der Waals surface area contributed by atoms with Gasteiger partial charge in [-0.2, -0.15) is 0 Å². The maximum absolute atomic E-state index is 9.07. The Hall–Kier alpha value is -0.300. The summed E-state index contributed by atoms with van der Waals surface area (Å²) in [5.74, 6) is 0.590. The molecule has 0 saturated heterocycles. The van der Waals surface area contributed by atoms with Crippen LogP contribution in [0.2, 0.25) is 0 Å². The summed E-state index contributed by atoms with van der Waals surface area (Å²) in [6.07, 6.45) is 13.3. The van der Waals surface area contributed by atoms with Crippen LogP contribution in [0.15, 0.2) is 12.2 Å². The Morgan fingerprint density at radius 3 is 2.62 bits per heavy atom. The van der Waals surface area contributed by atoms with Crippen molar-refractivity contribution in [3.8, 4) is 0 Å². The quantitative estimate of drug-likeness (QED) is 0.473. The lowest BCUT2D eigenvalue weighted by molar-refractivity contribution is 0.260. The maximum atomic E-state index is 9.07. The highest BCUT2D eigenvalue weighted by atomic mass is 16.3. The Bertz CT molecular complexity index is 151. The normalized spacial score (nSPS) is 26.9. The Balaban J connectivity index is 1.82. The first-order chi connectivity index (χ1) is 6.34. The van der Waals surface area contributed by atoms with Crippen LogP contribution >= 0.6 is 0 Å². The third-order valence-electron chi connectivity index (χ3n) is 2.72. The number of hydrogen-bond donors (Lipinski definition) is 1. The lowest BCUT2D eigenvalue weighted by Gasteiger charge is -1.94. The predicted molar refractivity (Wildman–Crippen MR) is 56.6 cm³/mol. The van der Waals surface area contributed by atoms with Gasteiger partial charge < -0.3 is 5.11 Å². The third-order valence-corrected chi connectivity index (χ3v) is 2.72. The second-order valence-corrected chi connectivity index (χ2v) is 4.12. The molecule has 0 aliphatic heterocycles. The van der Waals surface area contributed by atoms with Gasteiger partial charge in [-0.25, -0.2) is 0 Å². The highest BCUT2D eigenvalue weighted by molar-refractivity contribution is 4.94. The molecule has 2 atom stereocenters. The average Bonchev–Trinajstić information content (AvgIpc) is 2.81. The second-order valence-electron chi connectivity index (χ2n) is 4.12. The van der Waals surface area contributed by atoms with Gasteiger partial charge in [-0.05, 0) is 31.6 Å². The first-order valence-electron chi connectivity index (χ1n) is 5.67. The van der Waals surface area contributed by atoms with Crippen LogP contribution in [0.3, 0.4) is 0 Å². The van der Waals surface area contributed by atoms with Gasteiger partial charge in [-0.1, -0.05) is 38.3 Å². The molecular weight excluding hydrogens is 160 g/mol. The van der Waals surface area contributed by atoms with Crippen LogP contribution < -0.4 is 0 Å². The zero-order valence-corrected chi connectivity index (χ0v) is 8.71. The molecular formula is C12H22O. The molecule has 0 bridgehead atoms. The van der Waals surface area contributed by atoms with Crippen LogP contribution in [-0.2, 0) is 0 Å². The van der Waals surface area contributed by atoms with Crippen molar-refractivity contribution in [2.75, 3.05) is 0 Å². The molecule has 0 amide bonds. The molecule has 0 aromatic heterocycles. The fraction of sp³-hybridized carbons (Fsp3) is 0.833. The number of allylic oxidation sites excluding steroid dienone is 2. The van der Waals surface area contributed by atoms with Gasteiger partial charge in [0.25, 0.3) is 0 Å². The second kappa shape index (κ2) is 6.20. The van der Waals surface area contributed by atoms with Crippen LogP contribution in [0, 0.1) is 5.92 Å². The zero-order chi connectivity index (χ0) is 9.52. The van der Waals surface area contributed by atoms with Gasteiger partial charge in [0.2, 0.25) is 0 Å². The Kier molecular flexibility index (Phi) is 5.14. The van der Waals surface area contributed by atoms with Gasteiger partial charge in [0.05, 0.1) is 6.10 Å². The monoisotopic (exact) mass is 182 g/mol. The number of unbranched alkanes of at least 4 members (excludes halogenated alkanes) is 4. The van der Waals surface area contributed by atoms with Gasteiger partial charge in [-0.15, -0.1) is 0 Å². The van der Waals surface area contributed by atoms with Crippen molar-refractivity contribution in [3.63, 3.8) is 0 Å². The van der Waals surface area contributed by atoms with E-state index in [4.69, 9.17) is 5.11 Å². The summed E-state index contributed by atoms with van der Waals surface area (Å²) < 4.78 is 0. The van der Waals surface area contributed by atoms with E-state index in [0.29, 0.717) is 5.92 Å². The summed E-state index contributed by atoms with van der Waals surface area (Å²) in [6, 6.07) is 0. The van der Waals surface area contributed by atoms with E-state index in [1.165, 1.54) is 32.1 Å². The SMILES string of the molecule is CCCCCCC=CCC1CC1O. The average molecular weight is 182 g/mol. The molecule has 1 aliphatic rings. The zero-order valence-electron chi connectivity index (χ0n) is 8.71. The fourth-order valence-corrected chi connectivity index (χ4v) is 1.56. The van der Waals surface area contributed by atoms with Gasteiger partial charge in [0.1, 0.15) is 0 Å². The highest BCUT2D eigenvalue weighted by Gasteiger charge is 2.33. The molecule has 0 aromatic carbocycles. The van der Waals surface area contributed by atoms with Crippen molar-refractivity contribution >= 4 is 0 Å². The summed E-state index contributed by atoms with van der Waals surface area (Å²) in [4.78, 5) is 0. The lowest BCUT2D eigenvalue weighted by atomic mass is 10.1. The molecule has 1 fully saturated rings. The summed E-state index contributed by atoms with van der Waals surface area (Å²) >= 11 is 0. The van der Waals surface area contributed by atoms with Crippen LogP contribution in [0.5, 0.6) is 0 Å². The minimum atomic E-state index is 0.0183. The fourth-order valence-electron chi connectivity index (χ4n) is 1.56. The first kappa shape index (κ1) is 10.8. The predicted octanol–water partition coefficient (Wildman–Crippen LogP) is 3.28. The Morgan fingerprint density at radius 1 is 1.23 bits per heavy atom. The Labute approximate surface area is 81.9 Å². The molecule has 2 unspecified atom stereocenters. The smallest absolute Gasteiger partial charge is 0.0576 e. The van der Waals surface area contributed by atoms with Crippen molar-refractivity contribution in [1.82, 2.24) is 0 Å². The molecule has 76 valence electrons. The van der Waals surface area contributed by atoms with Crippen LogP contribution in [0.25, 0.3) is 0 Å². The molecule has 1 N–H and O–H groups in total. The lowest BCUT2D eigenvalue weighted by Crippen LogP contribution is -1.82. The van der Waals surface area contributed by atoms with Gasteiger partial charge >= 0.3 is 0 Å². The van der Waals surface area contributed by atoms with E-state index in [9.17, 15) is 0 Å². The molecule has 0 heterocycles. The molecule has 1 aliphatic carbocycles. The summed E-state index contributed by atoms with van der Waals surface area (Å²) in [7, 11) is 0. The van der Waals surface area contributed by atoms with E-state index in [0.717, 1.165) is 12.8 Å². The maximum Gasteiger partial charge on any atom is 0.0576 e. The van der Waals surface area contributed by atoms with E-state index in [1.54, 1.807) is 0 Å². The molecule has 1 saturated carbocycles. The molecule has 1 nitrogen and oxygen atoms in total. The minimum Gasteiger partial charge on any atom is -0.393 e. The molecule has 13 heavy (non-hydrogen) atoms. The standard InChI is InChI=1S/C12H22O/c1-2-3-4-5-6-7-8-9-11-10-12(11)13/h7-8,11-13H,2-6,9-10H2,1H3. The van der Waals surface area contributed by atoms with Crippen molar-refractivity contribution in [2.45, 2.75) is 58.0 Å². The van der Waals surface area contributed by atoms with Gasteiger partial charge in [0, 0.05) is 0 Å². The number of rotatable bonds is 7. The van der Waals surface area contributed by atoms with Crippen LogP contribution in [0.1, 0.15) is 51.9 Å². The molecule has 1 rings (SSSR count). The number of aliphatic hydroxyl groups excluding tert-OH is 1. The van der Waals surface area contributed by atoms with Gasteiger partial charge in [0.15, 0.2) is 0 Å². The van der Waals surface area contributed by atoms with Crippen molar-refractivity contribution in [1.29, 1.82) is 0 Å². The third kappa shape index (κ3) is 5.09. The highest BCUT2D eigenvalue weighted by Crippen LogP contribution is 2.33. The van der Waals surface area contributed by atoms with Crippen molar-refractivity contribution in [3.05, 3.63) is 12.2 Å². The van der Waals surface area contributed by atoms with E-state index >= 15 is 0 Å². The summed E-state index contributed by atoms with van der Waals surface area (Å²) in [5, 5.41) is 9.07. The largest absolute Gasteiger partial charge is 0.393 e. The summed E-state index contributed by atoms with van der Waals surface area (Å²) in [5.41, 5.74) is 0. The van der Waals surface area contributed by atoms with Crippen LogP contribution in [0.4, 0.5) is 0 Å². The number of hydrogen-bond acceptors (Lipinski definition) is 1. The van der Waals surface area contributed by atoms with E-state index < -0.39 is 0 Å². The molecule has 0 spiro atoms. The molecule has 1 heteroatoms. The molecule has 0 radical (unpaired) electrons. The minimum absolute atomic E-state index is 0.0183. The van der Waals surface area contributed by atoms with E-state index in [-0.39, 0.29) is 6.10 Å². The van der Waals surface area contributed by atoms with Crippen LogP contribution in [-0.4, -0.2) is 11.2 Å². The van der Waals surface area contributed by atoms with E-state index in [2.05, 4.69) is 19.1 Å². The molecule has 0 aromatic rings. The van der Waals surface area contributed by atoms with E-state index in [1.807, 2.05) is 0 Å². The summed E-state index contributed by atoms with van der Waals surface area (Å²) in [6.45, 7) is 2.24. The Morgan fingerprint density at radius 2 is 2.00 bits per heavy atom. The van der Waals surface area contributed by atoms with Gasteiger partial charge in [-0.3, -0.25) is 0 Å². The topological polar surface area (TPSA) is 20.2 Å². The first-order valence-corrected chi connectivity index (χ1v) is 5.67. The number of aliphatic hydroxyl groups is 1. The van der Waals surface area contributed by atoms with Crippen molar-refractivity contribution < 1.29 is 5.11 Å².